The van der Waals surface area contributed by atoms with Gasteiger partial charge in [0.15, 0.2) is 0 Å². The molecule has 0 bridgehead atoms. The predicted molar refractivity (Wildman–Crippen MR) is 87.2 cm³/mol. The van der Waals surface area contributed by atoms with Crippen molar-refractivity contribution in [1.29, 1.82) is 0 Å². The summed E-state index contributed by atoms with van der Waals surface area (Å²) >= 11 is 0. The Morgan fingerprint density at radius 3 is 2.74 bits per heavy atom. The summed E-state index contributed by atoms with van der Waals surface area (Å²) < 4.78 is 10.9. The van der Waals surface area contributed by atoms with E-state index in [0.29, 0.717) is 12.5 Å². The largest absolute Gasteiger partial charge is 0.481 e. The summed E-state index contributed by atoms with van der Waals surface area (Å²) in [4.78, 5) is 6.61. The highest BCUT2D eigenvalue weighted by molar-refractivity contribution is 5.22. The van der Waals surface area contributed by atoms with Gasteiger partial charge in [-0.1, -0.05) is 36.4 Å². The van der Waals surface area contributed by atoms with Gasteiger partial charge in [0.25, 0.3) is 0 Å². The summed E-state index contributed by atoms with van der Waals surface area (Å²) in [6, 6.07) is 14.1. The van der Waals surface area contributed by atoms with Crippen LogP contribution in [0.25, 0.3) is 0 Å². The molecule has 0 radical (unpaired) electrons. The number of aliphatic hydroxyl groups excluding tert-OH is 1. The molecular formula is C18H22N2O3. The van der Waals surface area contributed by atoms with Crippen LogP contribution in [-0.4, -0.2) is 48.0 Å². The molecule has 1 aliphatic heterocycles. The zero-order valence-corrected chi connectivity index (χ0v) is 13.3. The van der Waals surface area contributed by atoms with Crippen molar-refractivity contribution in [2.75, 3.05) is 26.9 Å². The lowest BCUT2D eigenvalue weighted by molar-refractivity contribution is -0.0960. The summed E-state index contributed by atoms with van der Waals surface area (Å²) in [6.45, 7) is 2.22. The molecule has 1 aromatic heterocycles. The number of pyridine rings is 1. The second-order valence-corrected chi connectivity index (χ2v) is 5.63. The maximum Gasteiger partial charge on any atom is 0.212 e. The summed E-state index contributed by atoms with van der Waals surface area (Å²) in [6.07, 6.45) is 1.63. The first-order chi connectivity index (χ1) is 11.3. The van der Waals surface area contributed by atoms with E-state index >= 15 is 0 Å². The minimum absolute atomic E-state index is 0.0108. The van der Waals surface area contributed by atoms with Crippen LogP contribution in [-0.2, 0) is 11.3 Å². The molecule has 1 aromatic carbocycles. The molecule has 0 amide bonds. The zero-order chi connectivity index (χ0) is 16.1. The molecule has 0 unspecified atom stereocenters. The van der Waals surface area contributed by atoms with Crippen molar-refractivity contribution >= 4 is 0 Å². The molecule has 2 aromatic rings. The van der Waals surface area contributed by atoms with Gasteiger partial charge in [-0.15, -0.1) is 0 Å². The highest BCUT2D eigenvalue weighted by Gasteiger charge is 2.33. The molecule has 5 heteroatoms. The first-order valence-electron chi connectivity index (χ1n) is 7.82. The van der Waals surface area contributed by atoms with Crippen molar-refractivity contribution < 1.29 is 14.6 Å². The molecule has 23 heavy (non-hydrogen) atoms. The molecular weight excluding hydrogens is 292 g/mol. The summed E-state index contributed by atoms with van der Waals surface area (Å²) in [5.74, 6) is 0.614. The molecule has 122 valence electrons. The number of methoxy groups -OCH3 is 1. The molecule has 0 aliphatic carbocycles. The molecule has 0 spiro atoms. The summed E-state index contributed by atoms with van der Waals surface area (Å²) in [5.41, 5.74) is 2.28. The third kappa shape index (κ3) is 3.69. The van der Waals surface area contributed by atoms with E-state index in [1.165, 1.54) is 0 Å². The van der Waals surface area contributed by atoms with Gasteiger partial charge in [0.05, 0.1) is 26.4 Å². The Hall–Kier alpha value is -1.95. The fourth-order valence-corrected chi connectivity index (χ4v) is 3.05. The molecule has 0 saturated carbocycles. The maximum absolute atomic E-state index is 9.69. The molecule has 1 saturated heterocycles. The minimum atomic E-state index is -0.211. The van der Waals surface area contributed by atoms with E-state index in [0.717, 1.165) is 24.2 Å². The van der Waals surface area contributed by atoms with Gasteiger partial charge in [0, 0.05) is 25.4 Å². The van der Waals surface area contributed by atoms with Crippen LogP contribution in [0.15, 0.2) is 48.7 Å². The van der Waals surface area contributed by atoms with Gasteiger partial charge in [-0.3, -0.25) is 4.90 Å². The van der Waals surface area contributed by atoms with E-state index in [-0.39, 0.29) is 18.8 Å². The van der Waals surface area contributed by atoms with Crippen LogP contribution in [0, 0.1) is 0 Å². The van der Waals surface area contributed by atoms with Crippen LogP contribution in [0.4, 0.5) is 0 Å². The van der Waals surface area contributed by atoms with Gasteiger partial charge >= 0.3 is 0 Å². The van der Waals surface area contributed by atoms with Gasteiger partial charge in [0.1, 0.15) is 6.10 Å². The van der Waals surface area contributed by atoms with E-state index in [9.17, 15) is 5.11 Å². The number of nitrogens with zero attached hydrogens (tertiary/aromatic N) is 2. The number of ether oxygens (including phenoxy) is 2. The highest BCUT2D eigenvalue weighted by atomic mass is 16.5. The van der Waals surface area contributed by atoms with Crippen LogP contribution < -0.4 is 4.74 Å². The molecule has 2 heterocycles. The molecule has 1 N–H and O–H groups in total. The lowest BCUT2D eigenvalue weighted by atomic mass is 9.98. The van der Waals surface area contributed by atoms with Crippen LogP contribution in [0.2, 0.25) is 0 Å². The van der Waals surface area contributed by atoms with E-state index in [1.54, 1.807) is 7.11 Å². The molecule has 2 atom stereocenters. The Labute approximate surface area is 136 Å². The molecule has 3 rings (SSSR count). The standard InChI is InChI=1S/C18H22N2O3/c1-22-17-8-7-14(11-19-17)12-20-9-10-23-16(13-21)18(20)15-5-3-2-4-6-15/h2-8,11,16,18,21H,9-10,12-13H2,1H3/t16-,18-/m1/s1. The number of hydrogen-bond donors (Lipinski definition) is 1. The van der Waals surface area contributed by atoms with Gasteiger partial charge in [0.2, 0.25) is 5.88 Å². The molecule has 5 nitrogen and oxygen atoms in total. The molecule has 1 fully saturated rings. The van der Waals surface area contributed by atoms with Gasteiger partial charge in [-0.2, -0.15) is 0 Å². The number of morpholine rings is 1. The number of hydrogen-bond acceptors (Lipinski definition) is 5. The zero-order valence-electron chi connectivity index (χ0n) is 13.3. The average molecular weight is 314 g/mol. The van der Waals surface area contributed by atoms with Crippen LogP contribution >= 0.6 is 0 Å². The third-order valence-corrected chi connectivity index (χ3v) is 4.17. The first-order valence-corrected chi connectivity index (χ1v) is 7.82. The summed E-state index contributed by atoms with van der Waals surface area (Å²) in [7, 11) is 1.61. The average Bonchev–Trinajstić information content (AvgIpc) is 2.63. The van der Waals surface area contributed by atoms with Crippen molar-refractivity contribution in [3.63, 3.8) is 0 Å². The van der Waals surface area contributed by atoms with Gasteiger partial charge in [-0.05, 0) is 11.1 Å². The third-order valence-electron chi connectivity index (χ3n) is 4.17. The second-order valence-electron chi connectivity index (χ2n) is 5.63. The number of aliphatic hydroxyl groups is 1. The van der Waals surface area contributed by atoms with E-state index < -0.39 is 0 Å². The SMILES string of the molecule is COc1ccc(CN2CCO[C@H](CO)[C@H]2c2ccccc2)cn1. The fourth-order valence-electron chi connectivity index (χ4n) is 3.05. The van der Waals surface area contributed by atoms with E-state index in [2.05, 4.69) is 22.0 Å². The van der Waals surface area contributed by atoms with Gasteiger partial charge < -0.3 is 14.6 Å². The Morgan fingerprint density at radius 1 is 1.26 bits per heavy atom. The Morgan fingerprint density at radius 2 is 2.09 bits per heavy atom. The van der Waals surface area contributed by atoms with Crippen LogP contribution in [0.1, 0.15) is 17.2 Å². The van der Waals surface area contributed by atoms with Crippen molar-refractivity contribution in [1.82, 2.24) is 9.88 Å². The smallest absolute Gasteiger partial charge is 0.212 e. The lowest BCUT2D eigenvalue weighted by Crippen LogP contribution is -2.46. The first kappa shape index (κ1) is 15.9. The van der Waals surface area contributed by atoms with Crippen molar-refractivity contribution in [2.24, 2.45) is 0 Å². The Balaban J connectivity index is 1.82. The number of rotatable bonds is 5. The predicted octanol–water partition coefficient (Wildman–Crippen LogP) is 2.02. The van der Waals surface area contributed by atoms with Crippen LogP contribution in [0.3, 0.4) is 0 Å². The van der Waals surface area contributed by atoms with Crippen molar-refractivity contribution in [3.05, 3.63) is 59.8 Å². The van der Waals surface area contributed by atoms with Crippen molar-refractivity contribution in [2.45, 2.75) is 18.7 Å². The lowest BCUT2D eigenvalue weighted by Gasteiger charge is -2.41. The monoisotopic (exact) mass is 314 g/mol. The van der Waals surface area contributed by atoms with Crippen LogP contribution in [0.5, 0.6) is 5.88 Å². The molecule has 1 aliphatic rings. The van der Waals surface area contributed by atoms with Gasteiger partial charge in [-0.25, -0.2) is 4.98 Å². The fraction of sp³-hybridized carbons (Fsp3) is 0.389. The second kappa shape index (κ2) is 7.55. The normalized spacial score (nSPS) is 22.0. The Kier molecular flexibility index (Phi) is 5.23. The minimum Gasteiger partial charge on any atom is -0.481 e. The summed E-state index contributed by atoms with van der Waals surface area (Å²) in [5, 5.41) is 9.69. The van der Waals surface area contributed by atoms with E-state index in [4.69, 9.17) is 9.47 Å². The topological polar surface area (TPSA) is 54.8 Å². The Bertz CT molecular complexity index is 603. The number of aromatic nitrogens is 1. The highest BCUT2D eigenvalue weighted by Crippen LogP contribution is 2.30. The maximum atomic E-state index is 9.69. The quantitative estimate of drug-likeness (QED) is 0.915. The van der Waals surface area contributed by atoms with Crippen molar-refractivity contribution in [3.8, 4) is 5.88 Å². The number of benzene rings is 1. The van der Waals surface area contributed by atoms with E-state index in [1.807, 2.05) is 36.5 Å².